The summed E-state index contributed by atoms with van der Waals surface area (Å²) in [5, 5.41) is 7.19. The Morgan fingerprint density at radius 3 is 1.26 bits per heavy atom. The van der Waals surface area contributed by atoms with Crippen LogP contribution in [-0.4, -0.2) is 44.4 Å². The van der Waals surface area contributed by atoms with Crippen molar-refractivity contribution in [3.63, 3.8) is 0 Å². The molecule has 23 heavy (non-hydrogen) atoms. The highest BCUT2D eigenvalue weighted by atomic mass is 16.4. The second kappa shape index (κ2) is 21.5. The zero-order valence-corrected chi connectivity index (χ0v) is 16.0. The van der Waals surface area contributed by atoms with Crippen molar-refractivity contribution in [2.24, 2.45) is 0 Å². The fourth-order valence-electron chi connectivity index (χ4n) is 2.62. The molecule has 0 aromatic carbocycles. The number of carboxylic acid groups (broad SMARTS) is 1. The Morgan fingerprint density at radius 1 is 0.739 bits per heavy atom. The van der Waals surface area contributed by atoms with Gasteiger partial charge in [-0.2, -0.15) is 0 Å². The first-order valence-electron chi connectivity index (χ1n) is 9.63. The van der Waals surface area contributed by atoms with E-state index >= 15 is 0 Å². The van der Waals surface area contributed by atoms with Crippen LogP contribution in [0.25, 0.3) is 0 Å². The van der Waals surface area contributed by atoms with Gasteiger partial charge in [0.15, 0.2) is 0 Å². The highest BCUT2D eigenvalue weighted by Gasteiger charge is 1.94. The van der Waals surface area contributed by atoms with E-state index in [-0.39, 0.29) is 0 Å². The highest BCUT2D eigenvalue weighted by molar-refractivity contribution is 6.54. The summed E-state index contributed by atoms with van der Waals surface area (Å²) >= 11 is 0. The fraction of sp³-hybridized carbons (Fsp3) is 0.947. The van der Waals surface area contributed by atoms with Gasteiger partial charge in [0.2, 0.25) is 13.7 Å². The molecule has 0 aliphatic rings. The molecule has 0 saturated heterocycles. The predicted octanol–water partition coefficient (Wildman–Crippen LogP) is 5.86. The van der Waals surface area contributed by atoms with Gasteiger partial charge in [0.1, 0.15) is 0 Å². The molecule has 0 spiro atoms. The summed E-state index contributed by atoms with van der Waals surface area (Å²) < 4.78 is 0. The fourth-order valence-corrected chi connectivity index (χ4v) is 2.62. The molecule has 2 radical (unpaired) electrons. The molecule has 0 amide bonds. The molecule has 0 rings (SSSR count). The Morgan fingerprint density at radius 2 is 1.00 bits per heavy atom. The Bertz CT molecular complexity index is 231. The summed E-state index contributed by atoms with van der Waals surface area (Å²) in [6.45, 7) is 3.55. The number of carbonyl (C=O) groups is 1. The molecule has 1 N–H and O–H groups in total. The summed E-state index contributed by atoms with van der Waals surface area (Å²) in [5.74, 6) is -1.33. The maximum atomic E-state index is 8.78. The largest absolute Gasteiger partial charge is 0.490 e. The van der Waals surface area contributed by atoms with Crippen LogP contribution in [0, 0.1) is 0 Å². The van der Waals surface area contributed by atoms with Gasteiger partial charge >= 0.3 is 0 Å². The zero-order valence-electron chi connectivity index (χ0n) is 16.0. The van der Waals surface area contributed by atoms with E-state index in [9.17, 15) is 0 Å². The predicted molar refractivity (Wildman–Crippen MR) is 103 cm³/mol. The maximum absolute atomic E-state index is 8.78. The molecule has 136 valence electrons. The molecule has 0 atom stereocenters. The average molecular weight is 325 g/mol. The summed E-state index contributed by atoms with van der Waals surface area (Å²) in [5.41, 5.74) is 0. The molecule has 0 saturated carbocycles. The van der Waals surface area contributed by atoms with Crippen molar-refractivity contribution in [2.45, 2.75) is 96.8 Å². The van der Waals surface area contributed by atoms with Crippen LogP contribution >= 0.6 is 0 Å². The molecule has 0 aliphatic carbocycles. The lowest BCUT2D eigenvalue weighted by Gasteiger charge is -2.08. The minimum atomic E-state index is -1.33. The average Bonchev–Trinajstić information content (AvgIpc) is 2.47. The third kappa shape index (κ3) is 34.0. The van der Waals surface area contributed by atoms with Crippen LogP contribution < -0.4 is 0 Å². The van der Waals surface area contributed by atoms with Crippen LogP contribution in [0.2, 0.25) is 0 Å². The van der Waals surface area contributed by atoms with E-state index in [1.165, 1.54) is 96.4 Å². The highest BCUT2D eigenvalue weighted by Crippen LogP contribution is 2.12. The summed E-state index contributed by atoms with van der Waals surface area (Å²) in [6, 6.07) is 0. The molecule has 0 fully saturated rings. The molecule has 3 nitrogen and oxygen atoms in total. The van der Waals surface area contributed by atoms with E-state index in [1.54, 1.807) is 0 Å². The molecule has 0 aliphatic heterocycles. The van der Waals surface area contributed by atoms with Crippen molar-refractivity contribution in [3.8, 4) is 0 Å². The van der Waals surface area contributed by atoms with Crippen LogP contribution in [-0.2, 0) is 0 Å². The maximum Gasteiger partial charge on any atom is 0.233 e. The number of nitrogens with zero attached hydrogens (tertiary/aromatic N) is 1. The first kappa shape index (κ1) is 24.7. The minimum absolute atomic E-state index is 1.26. The van der Waals surface area contributed by atoms with E-state index in [0.29, 0.717) is 0 Å². The second-order valence-electron chi connectivity index (χ2n) is 6.74. The van der Waals surface area contributed by atoms with E-state index < -0.39 is 5.87 Å². The molecular weight excluding hydrogens is 285 g/mol. The lowest BCUT2D eigenvalue weighted by Crippen LogP contribution is -2.12. The van der Waals surface area contributed by atoms with Crippen LogP contribution in [0.15, 0.2) is 0 Å². The summed E-state index contributed by atoms with van der Waals surface area (Å²) in [6.07, 6.45) is 20.3. The van der Waals surface area contributed by atoms with Gasteiger partial charge in [0.05, 0.1) is 0 Å². The van der Waals surface area contributed by atoms with Crippen molar-refractivity contribution in [1.82, 2.24) is 4.90 Å². The molecule has 0 bridgehead atoms. The van der Waals surface area contributed by atoms with E-state index in [0.717, 1.165) is 0 Å². The molecule has 0 unspecified atom stereocenters. The van der Waals surface area contributed by atoms with Crippen LogP contribution in [0.1, 0.15) is 96.8 Å². The summed E-state index contributed by atoms with van der Waals surface area (Å²) in [7, 11) is 8.37. The van der Waals surface area contributed by atoms with Crippen molar-refractivity contribution in [3.05, 3.63) is 0 Å². The molecule has 0 heterocycles. The Hall–Kier alpha value is -0.505. The Balaban J connectivity index is 0. The van der Waals surface area contributed by atoms with Gasteiger partial charge in [-0.05, 0) is 27.1 Å². The first-order chi connectivity index (χ1) is 11.0. The van der Waals surface area contributed by atoms with Crippen LogP contribution in [0.3, 0.4) is 0 Å². The van der Waals surface area contributed by atoms with Crippen molar-refractivity contribution < 1.29 is 9.90 Å². The van der Waals surface area contributed by atoms with Gasteiger partial charge in [-0.15, -0.1) is 0 Å². The topological polar surface area (TPSA) is 40.5 Å². The van der Waals surface area contributed by atoms with E-state index in [2.05, 4.69) is 33.8 Å². The normalized spacial score (nSPS) is 10.4. The molecular formula is C19H40BNO2. The van der Waals surface area contributed by atoms with Crippen molar-refractivity contribution >= 4 is 13.7 Å². The first-order valence-corrected chi connectivity index (χ1v) is 9.63. The van der Waals surface area contributed by atoms with Gasteiger partial charge in [-0.25, -0.2) is 0 Å². The van der Waals surface area contributed by atoms with E-state index in [1.807, 2.05) is 0 Å². The third-order valence-corrected chi connectivity index (χ3v) is 3.96. The van der Waals surface area contributed by atoms with Gasteiger partial charge in [-0.1, -0.05) is 90.4 Å². The minimum Gasteiger partial charge on any atom is -0.490 e. The van der Waals surface area contributed by atoms with Gasteiger partial charge in [-0.3, -0.25) is 4.79 Å². The van der Waals surface area contributed by atoms with Crippen molar-refractivity contribution in [1.29, 1.82) is 0 Å². The SMILES string of the molecule is CCCCCCCCCCCCCCCCN(C)C.[B]C(=O)O. The molecule has 0 aromatic heterocycles. The smallest absolute Gasteiger partial charge is 0.233 e. The van der Waals surface area contributed by atoms with Gasteiger partial charge in [0.25, 0.3) is 0 Å². The van der Waals surface area contributed by atoms with Crippen LogP contribution in [0.4, 0.5) is 4.79 Å². The lowest BCUT2D eigenvalue weighted by atomic mass is 10.0. The summed E-state index contributed by atoms with van der Waals surface area (Å²) in [4.78, 5) is 11.1. The Kier molecular flexibility index (Phi) is 23.1. The molecule has 4 heteroatoms. The third-order valence-electron chi connectivity index (χ3n) is 3.96. The monoisotopic (exact) mass is 325 g/mol. The van der Waals surface area contributed by atoms with E-state index in [4.69, 9.17) is 9.90 Å². The van der Waals surface area contributed by atoms with Gasteiger partial charge in [0, 0.05) is 0 Å². The van der Waals surface area contributed by atoms with Gasteiger partial charge < -0.3 is 10.0 Å². The van der Waals surface area contributed by atoms with Crippen LogP contribution in [0.5, 0.6) is 0 Å². The molecule has 0 aromatic rings. The second-order valence-corrected chi connectivity index (χ2v) is 6.74. The quantitative estimate of drug-likeness (QED) is 0.303. The Labute approximate surface area is 146 Å². The number of hydrogen-bond donors (Lipinski definition) is 1. The standard InChI is InChI=1S/C18H39N.CHBO2/c1-4-5-6-7-8-9-10-11-12-13-14-15-16-17-18-19(2)3;2-1(3)4/h4-18H2,1-3H3;(H,3,4). The number of unbranched alkanes of at least 4 members (excludes halogenated alkanes) is 13. The van der Waals surface area contributed by atoms with Crippen molar-refractivity contribution in [2.75, 3.05) is 20.6 Å². The zero-order chi connectivity index (χ0) is 17.8. The number of rotatable bonds is 15. The lowest BCUT2D eigenvalue weighted by molar-refractivity contribution is 0.220. The number of hydrogen-bond acceptors (Lipinski definition) is 2.